The number of benzene rings is 1. The Kier molecular flexibility index (Phi) is 4.67. The number of anilines is 1. The van der Waals surface area contributed by atoms with Gasteiger partial charge in [-0.3, -0.25) is 9.69 Å². The van der Waals surface area contributed by atoms with E-state index in [1.165, 1.54) is 25.8 Å². The highest BCUT2D eigenvalue weighted by molar-refractivity contribution is 5.95. The zero-order chi connectivity index (χ0) is 15.5. The summed E-state index contributed by atoms with van der Waals surface area (Å²) < 4.78 is 0. The number of hydrogen-bond acceptors (Lipinski definition) is 3. The monoisotopic (exact) mass is 301 g/mol. The fourth-order valence-electron chi connectivity index (χ4n) is 3.60. The molecule has 2 fully saturated rings. The zero-order valence-corrected chi connectivity index (χ0v) is 13.7. The van der Waals surface area contributed by atoms with Gasteiger partial charge in [-0.15, -0.1) is 0 Å². The fourth-order valence-corrected chi connectivity index (χ4v) is 3.60. The molecule has 1 unspecified atom stereocenters. The highest BCUT2D eigenvalue weighted by atomic mass is 16.2. The van der Waals surface area contributed by atoms with Gasteiger partial charge >= 0.3 is 0 Å². The van der Waals surface area contributed by atoms with Crippen LogP contribution in [0.15, 0.2) is 24.3 Å². The number of nitrogens with one attached hydrogen (secondary N) is 1. The van der Waals surface area contributed by atoms with E-state index >= 15 is 0 Å². The second kappa shape index (κ2) is 6.69. The maximum atomic E-state index is 12.8. The van der Waals surface area contributed by atoms with E-state index in [0.717, 1.165) is 30.9 Å². The van der Waals surface area contributed by atoms with E-state index in [9.17, 15) is 4.79 Å². The summed E-state index contributed by atoms with van der Waals surface area (Å²) in [6, 6.07) is 8.85. The van der Waals surface area contributed by atoms with Crippen LogP contribution < -0.4 is 5.32 Å². The Labute approximate surface area is 133 Å². The van der Waals surface area contributed by atoms with E-state index in [2.05, 4.69) is 24.1 Å². The number of fused-ring (bicyclic) bond motifs is 1. The van der Waals surface area contributed by atoms with Crippen molar-refractivity contribution in [2.45, 2.75) is 45.2 Å². The van der Waals surface area contributed by atoms with Crippen LogP contribution in [0.5, 0.6) is 0 Å². The van der Waals surface area contributed by atoms with Gasteiger partial charge in [0, 0.05) is 43.0 Å². The fraction of sp³-hybridized carbons (Fsp3) is 0.611. The van der Waals surface area contributed by atoms with Gasteiger partial charge in [-0.1, -0.05) is 12.5 Å². The van der Waals surface area contributed by atoms with Gasteiger partial charge < -0.3 is 10.2 Å². The molecule has 22 heavy (non-hydrogen) atoms. The molecule has 0 saturated carbocycles. The molecule has 2 saturated heterocycles. The molecule has 3 rings (SSSR count). The number of piperidine rings is 1. The van der Waals surface area contributed by atoms with Gasteiger partial charge in [-0.25, -0.2) is 0 Å². The molecule has 1 aromatic carbocycles. The average Bonchev–Trinajstić information content (AvgIpc) is 2.53. The first-order valence-corrected chi connectivity index (χ1v) is 8.53. The Morgan fingerprint density at radius 3 is 2.91 bits per heavy atom. The van der Waals surface area contributed by atoms with Crippen molar-refractivity contribution in [3.63, 3.8) is 0 Å². The third-order valence-corrected chi connectivity index (χ3v) is 4.69. The summed E-state index contributed by atoms with van der Waals surface area (Å²) in [5.74, 6) is 0.178. The minimum Gasteiger partial charge on any atom is -0.383 e. The van der Waals surface area contributed by atoms with Gasteiger partial charge in [-0.05, 0) is 51.4 Å². The predicted octanol–water partition coefficient (Wildman–Crippen LogP) is 2.82. The lowest BCUT2D eigenvalue weighted by Crippen LogP contribution is -2.56. The molecule has 4 heteroatoms. The first kappa shape index (κ1) is 15.3. The molecule has 1 amide bonds. The second-order valence-electron chi connectivity index (χ2n) is 6.82. The lowest BCUT2D eigenvalue weighted by atomic mass is 9.99. The van der Waals surface area contributed by atoms with E-state index in [-0.39, 0.29) is 5.91 Å². The van der Waals surface area contributed by atoms with Gasteiger partial charge in [0.2, 0.25) is 0 Å². The molecule has 1 aromatic rings. The Balaban J connectivity index is 1.68. The van der Waals surface area contributed by atoms with Crippen LogP contribution in [0.1, 0.15) is 43.5 Å². The number of nitrogens with zero attached hydrogens (tertiary/aromatic N) is 2. The number of rotatable bonds is 3. The van der Waals surface area contributed by atoms with Crippen molar-refractivity contribution < 1.29 is 4.79 Å². The van der Waals surface area contributed by atoms with E-state index < -0.39 is 0 Å². The van der Waals surface area contributed by atoms with Crippen LogP contribution >= 0.6 is 0 Å². The predicted molar refractivity (Wildman–Crippen MR) is 90.3 cm³/mol. The van der Waals surface area contributed by atoms with Crippen molar-refractivity contribution in [3.05, 3.63) is 29.8 Å². The van der Waals surface area contributed by atoms with Crippen LogP contribution in [0, 0.1) is 0 Å². The maximum Gasteiger partial charge on any atom is 0.254 e. The molecule has 1 N–H and O–H groups in total. The molecule has 4 nitrogen and oxygen atoms in total. The molecule has 0 bridgehead atoms. The minimum atomic E-state index is 0.178. The number of amides is 1. The molecule has 120 valence electrons. The van der Waals surface area contributed by atoms with Gasteiger partial charge in [0.1, 0.15) is 0 Å². The molecule has 1 atom stereocenters. The van der Waals surface area contributed by atoms with Crippen LogP contribution in [0.2, 0.25) is 0 Å². The Morgan fingerprint density at radius 2 is 2.09 bits per heavy atom. The number of piperazine rings is 1. The third-order valence-electron chi connectivity index (χ3n) is 4.69. The second-order valence-corrected chi connectivity index (χ2v) is 6.82. The lowest BCUT2D eigenvalue weighted by molar-refractivity contribution is 0.0372. The summed E-state index contributed by atoms with van der Waals surface area (Å²) in [7, 11) is 0. The smallest absolute Gasteiger partial charge is 0.254 e. The van der Waals surface area contributed by atoms with Crippen molar-refractivity contribution in [1.82, 2.24) is 9.80 Å². The standard InChI is InChI=1S/C18H27N3O/c1-14(2)19-16-7-5-6-15(12-16)18(22)21-11-10-20-9-4-3-8-17(20)13-21/h5-7,12,14,17,19H,3-4,8-11,13H2,1-2H3. The lowest BCUT2D eigenvalue weighted by Gasteiger charge is -2.44. The van der Waals surface area contributed by atoms with E-state index in [1.54, 1.807) is 0 Å². The topological polar surface area (TPSA) is 35.6 Å². The van der Waals surface area contributed by atoms with Crippen LogP contribution in [0.25, 0.3) is 0 Å². The zero-order valence-electron chi connectivity index (χ0n) is 13.7. The molecule has 0 spiro atoms. The molecule has 2 aliphatic heterocycles. The van der Waals surface area contributed by atoms with Gasteiger partial charge in [-0.2, -0.15) is 0 Å². The van der Waals surface area contributed by atoms with Crippen molar-refractivity contribution in [2.24, 2.45) is 0 Å². The molecular weight excluding hydrogens is 274 g/mol. The Hall–Kier alpha value is -1.55. The Bertz CT molecular complexity index is 529. The quantitative estimate of drug-likeness (QED) is 0.932. The summed E-state index contributed by atoms with van der Waals surface area (Å²) in [6.07, 6.45) is 3.85. The van der Waals surface area contributed by atoms with Crippen molar-refractivity contribution in [1.29, 1.82) is 0 Å². The van der Waals surface area contributed by atoms with Crippen molar-refractivity contribution >= 4 is 11.6 Å². The largest absolute Gasteiger partial charge is 0.383 e. The summed E-state index contributed by atoms with van der Waals surface area (Å²) in [6.45, 7) is 8.20. The van der Waals surface area contributed by atoms with Crippen LogP contribution in [-0.4, -0.2) is 54.0 Å². The van der Waals surface area contributed by atoms with E-state index in [0.29, 0.717) is 12.1 Å². The Morgan fingerprint density at radius 1 is 1.23 bits per heavy atom. The SMILES string of the molecule is CC(C)Nc1cccc(C(=O)N2CCN3CCCCC3C2)c1. The summed E-state index contributed by atoms with van der Waals surface area (Å²) in [5.41, 5.74) is 1.83. The first-order valence-electron chi connectivity index (χ1n) is 8.53. The molecule has 2 aliphatic rings. The number of hydrogen-bond donors (Lipinski definition) is 1. The summed E-state index contributed by atoms with van der Waals surface area (Å²) in [5, 5.41) is 3.37. The number of carbonyl (C=O) groups excluding carboxylic acids is 1. The van der Waals surface area contributed by atoms with E-state index in [1.807, 2.05) is 29.2 Å². The van der Waals surface area contributed by atoms with Crippen LogP contribution in [0.3, 0.4) is 0 Å². The summed E-state index contributed by atoms with van der Waals surface area (Å²) in [4.78, 5) is 17.4. The molecule has 0 aromatic heterocycles. The maximum absolute atomic E-state index is 12.8. The van der Waals surface area contributed by atoms with Crippen molar-refractivity contribution in [2.75, 3.05) is 31.5 Å². The number of carbonyl (C=O) groups is 1. The third kappa shape index (κ3) is 3.43. The van der Waals surface area contributed by atoms with Crippen LogP contribution in [0.4, 0.5) is 5.69 Å². The molecular formula is C18H27N3O. The average molecular weight is 301 g/mol. The van der Waals surface area contributed by atoms with Gasteiger partial charge in [0.15, 0.2) is 0 Å². The van der Waals surface area contributed by atoms with Gasteiger partial charge in [0.05, 0.1) is 0 Å². The van der Waals surface area contributed by atoms with E-state index in [4.69, 9.17) is 0 Å². The van der Waals surface area contributed by atoms with Crippen molar-refractivity contribution in [3.8, 4) is 0 Å². The van der Waals surface area contributed by atoms with Gasteiger partial charge in [0.25, 0.3) is 5.91 Å². The summed E-state index contributed by atoms with van der Waals surface area (Å²) >= 11 is 0. The molecule has 0 radical (unpaired) electrons. The normalized spacial score (nSPS) is 22.5. The highest BCUT2D eigenvalue weighted by Gasteiger charge is 2.31. The van der Waals surface area contributed by atoms with Crippen LogP contribution in [-0.2, 0) is 0 Å². The molecule has 0 aliphatic carbocycles. The first-order chi connectivity index (χ1) is 10.6. The highest BCUT2D eigenvalue weighted by Crippen LogP contribution is 2.22. The molecule has 2 heterocycles. The minimum absolute atomic E-state index is 0.178.